The summed E-state index contributed by atoms with van der Waals surface area (Å²) in [5, 5.41) is 3.36. The third kappa shape index (κ3) is 2.94. The lowest BCUT2D eigenvalue weighted by Crippen LogP contribution is -2.38. The van der Waals surface area contributed by atoms with Gasteiger partial charge >= 0.3 is 0 Å². The molecule has 15 heavy (non-hydrogen) atoms. The summed E-state index contributed by atoms with van der Waals surface area (Å²) in [6.45, 7) is 2.15. The van der Waals surface area contributed by atoms with E-state index in [4.69, 9.17) is 4.74 Å². The highest BCUT2D eigenvalue weighted by molar-refractivity contribution is 4.83. The maximum atomic E-state index is 5.97. The van der Waals surface area contributed by atoms with Gasteiger partial charge in [-0.05, 0) is 32.2 Å². The molecule has 0 spiro atoms. The molecule has 0 radical (unpaired) electrons. The monoisotopic (exact) mass is 211 g/mol. The molecule has 1 heterocycles. The van der Waals surface area contributed by atoms with Crippen molar-refractivity contribution in [3.63, 3.8) is 0 Å². The summed E-state index contributed by atoms with van der Waals surface area (Å²) < 4.78 is 5.97. The molecule has 0 aromatic carbocycles. The van der Waals surface area contributed by atoms with Crippen LogP contribution in [0.4, 0.5) is 0 Å². The third-order valence-corrected chi connectivity index (χ3v) is 4.14. The number of hydrogen-bond donors (Lipinski definition) is 1. The van der Waals surface area contributed by atoms with E-state index < -0.39 is 0 Å². The number of rotatable bonds is 4. The summed E-state index contributed by atoms with van der Waals surface area (Å²) in [6.07, 6.45) is 10.2. The summed E-state index contributed by atoms with van der Waals surface area (Å²) in [5.41, 5.74) is 0. The van der Waals surface area contributed by atoms with E-state index in [1.807, 2.05) is 0 Å². The van der Waals surface area contributed by atoms with Crippen molar-refractivity contribution in [2.45, 2.75) is 51.0 Å². The van der Waals surface area contributed by atoms with E-state index in [9.17, 15) is 0 Å². The van der Waals surface area contributed by atoms with Gasteiger partial charge in [-0.3, -0.25) is 0 Å². The van der Waals surface area contributed by atoms with Gasteiger partial charge in [0.15, 0.2) is 0 Å². The number of nitrogens with one attached hydrogen (secondary N) is 1. The molecule has 0 amide bonds. The first-order chi connectivity index (χ1) is 7.42. The summed E-state index contributed by atoms with van der Waals surface area (Å²) >= 11 is 0. The van der Waals surface area contributed by atoms with Gasteiger partial charge in [-0.1, -0.05) is 25.7 Å². The van der Waals surface area contributed by atoms with Crippen LogP contribution in [0.1, 0.15) is 44.9 Å². The highest BCUT2D eigenvalue weighted by Gasteiger charge is 2.32. The van der Waals surface area contributed by atoms with Crippen LogP contribution < -0.4 is 5.32 Å². The maximum absolute atomic E-state index is 5.97. The second kappa shape index (κ2) is 5.86. The normalized spacial score (nSPS) is 30.6. The van der Waals surface area contributed by atoms with Gasteiger partial charge < -0.3 is 10.1 Å². The first kappa shape index (κ1) is 11.4. The zero-order chi connectivity index (χ0) is 10.5. The molecule has 2 atom stereocenters. The number of hydrogen-bond acceptors (Lipinski definition) is 2. The van der Waals surface area contributed by atoms with Gasteiger partial charge in [0.05, 0.1) is 6.10 Å². The molecule has 1 saturated heterocycles. The molecule has 1 aliphatic heterocycles. The molecule has 88 valence electrons. The van der Waals surface area contributed by atoms with E-state index in [-0.39, 0.29) is 0 Å². The van der Waals surface area contributed by atoms with Crippen LogP contribution >= 0.6 is 0 Å². The van der Waals surface area contributed by atoms with Gasteiger partial charge in [0.25, 0.3) is 0 Å². The van der Waals surface area contributed by atoms with Crippen molar-refractivity contribution in [2.75, 3.05) is 20.2 Å². The lowest BCUT2D eigenvalue weighted by Gasteiger charge is -2.34. The van der Waals surface area contributed by atoms with Crippen molar-refractivity contribution >= 4 is 0 Å². The minimum Gasteiger partial charge on any atom is -0.378 e. The van der Waals surface area contributed by atoms with Crippen LogP contribution in [0.5, 0.6) is 0 Å². The van der Waals surface area contributed by atoms with E-state index in [1.54, 1.807) is 0 Å². The van der Waals surface area contributed by atoms with Gasteiger partial charge in [-0.2, -0.15) is 0 Å². The number of ether oxygens (including phenoxy) is 1. The Morgan fingerprint density at radius 3 is 2.47 bits per heavy atom. The topological polar surface area (TPSA) is 21.3 Å². The fourth-order valence-corrected chi connectivity index (χ4v) is 3.33. The Labute approximate surface area is 93.8 Å². The summed E-state index contributed by atoms with van der Waals surface area (Å²) in [5.74, 6) is 1.71. The zero-order valence-electron chi connectivity index (χ0n) is 10.0. The SMILES string of the molecule is CNCC(C1CCCC1)C1CCCCO1. The minimum absolute atomic E-state index is 0.550. The Hall–Kier alpha value is -0.0800. The van der Waals surface area contributed by atoms with Crippen LogP contribution in [-0.4, -0.2) is 26.3 Å². The molecule has 1 aliphatic carbocycles. The molecule has 0 bridgehead atoms. The van der Waals surface area contributed by atoms with Crippen LogP contribution in [0.2, 0.25) is 0 Å². The van der Waals surface area contributed by atoms with Crippen LogP contribution in [0, 0.1) is 11.8 Å². The van der Waals surface area contributed by atoms with E-state index in [0.29, 0.717) is 6.10 Å². The fraction of sp³-hybridized carbons (Fsp3) is 1.00. The molecule has 0 aromatic heterocycles. The van der Waals surface area contributed by atoms with Crippen molar-refractivity contribution in [1.82, 2.24) is 5.32 Å². The van der Waals surface area contributed by atoms with Crippen LogP contribution in [0.25, 0.3) is 0 Å². The fourth-order valence-electron chi connectivity index (χ4n) is 3.33. The van der Waals surface area contributed by atoms with E-state index in [0.717, 1.165) is 25.0 Å². The quantitative estimate of drug-likeness (QED) is 0.771. The van der Waals surface area contributed by atoms with Crippen LogP contribution in [-0.2, 0) is 4.74 Å². The lowest BCUT2D eigenvalue weighted by molar-refractivity contribution is -0.0359. The Bertz CT molecular complexity index is 171. The molecule has 1 N–H and O–H groups in total. The van der Waals surface area contributed by atoms with Gasteiger partial charge in [0, 0.05) is 19.1 Å². The maximum Gasteiger partial charge on any atom is 0.0618 e. The average molecular weight is 211 g/mol. The predicted octanol–water partition coefficient (Wildman–Crippen LogP) is 2.58. The van der Waals surface area contributed by atoms with E-state index in [2.05, 4.69) is 12.4 Å². The Kier molecular flexibility index (Phi) is 4.45. The zero-order valence-corrected chi connectivity index (χ0v) is 10.0. The molecule has 2 heteroatoms. The summed E-state index contributed by atoms with van der Waals surface area (Å²) in [7, 11) is 2.07. The predicted molar refractivity (Wildman–Crippen MR) is 63.0 cm³/mol. The second-order valence-electron chi connectivity index (χ2n) is 5.17. The third-order valence-electron chi connectivity index (χ3n) is 4.14. The molecule has 2 nitrogen and oxygen atoms in total. The summed E-state index contributed by atoms with van der Waals surface area (Å²) in [6, 6.07) is 0. The lowest BCUT2D eigenvalue weighted by atomic mass is 9.83. The van der Waals surface area contributed by atoms with Crippen molar-refractivity contribution in [3.8, 4) is 0 Å². The largest absolute Gasteiger partial charge is 0.378 e. The summed E-state index contributed by atoms with van der Waals surface area (Å²) in [4.78, 5) is 0. The molecular weight excluding hydrogens is 186 g/mol. The first-order valence-corrected chi connectivity index (χ1v) is 6.68. The van der Waals surface area contributed by atoms with E-state index >= 15 is 0 Å². The highest BCUT2D eigenvalue weighted by Crippen LogP contribution is 2.36. The van der Waals surface area contributed by atoms with Gasteiger partial charge in [-0.15, -0.1) is 0 Å². The second-order valence-corrected chi connectivity index (χ2v) is 5.17. The average Bonchev–Trinajstić information content (AvgIpc) is 2.80. The molecular formula is C13H25NO. The van der Waals surface area contributed by atoms with Gasteiger partial charge in [0.2, 0.25) is 0 Å². The van der Waals surface area contributed by atoms with Crippen molar-refractivity contribution in [1.29, 1.82) is 0 Å². The van der Waals surface area contributed by atoms with Crippen LogP contribution in [0.15, 0.2) is 0 Å². The molecule has 1 saturated carbocycles. The standard InChI is InChI=1S/C13H25NO/c1-14-10-12(11-6-2-3-7-11)13-8-4-5-9-15-13/h11-14H,2-10H2,1H3. The highest BCUT2D eigenvalue weighted by atomic mass is 16.5. The van der Waals surface area contributed by atoms with E-state index in [1.165, 1.54) is 44.9 Å². The first-order valence-electron chi connectivity index (χ1n) is 6.68. The van der Waals surface area contributed by atoms with Gasteiger partial charge in [-0.25, -0.2) is 0 Å². The Morgan fingerprint density at radius 1 is 1.13 bits per heavy atom. The van der Waals surface area contributed by atoms with Crippen molar-refractivity contribution < 1.29 is 4.74 Å². The molecule has 2 rings (SSSR count). The Morgan fingerprint density at radius 2 is 1.87 bits per heavy atom. The molecule has 2 aliphatic rings. The molecule has 2 fully saturated rings. The molecule has 0 aromatic rings. The smallest absolute Gasteiger partial charge is 0.0618 e. The minimum atomic E-state index is 0.550. The van der Waals surface area contributed by atoms with Crippen molar-refractivity contribution in [2.24, 2.45) is 11.8 Å². The Balaban J connectivity index is 1.90. The molecule has 2 unspecified atom stereocenters. The van der Waals surface area contributed by atoms with Crippen LogP contribution in [0.3, 0.4) is 0 Å². The van der Waals surface area contributed by atoms with Gasteiger partial charge in [0.1, 0.15) is 0 Å². The van der Waals surface area contributed by atoms with Crippen molar-refractivity contribution in [3.05, 3.63) is 0 Å².